The Morgan fingerprint density at radius 2 is 2.00 bits per heavy atom. The maximum atomic E-state index is 9.18. The molecule has 0 spiro atoms. The van der Waals surface area contributed by atoms with Crippen molar-refractivity contribution in [3.63, 3.8) is 0 Å². The number of rotatable bonds is 3. The second-order valence-corrected chi connectivity index (χ2v) is 3.32. The van der Waals surface area contributed by atoms with Crippen LogP contribution in [-0.4, -0.2) is 11.7 Å². The Morgan fingerprint density at radius 1 is 1.31 bits per heavy atom. The van der Waals surface area contributed by atoms with Crippen LogP contribution in [0.25, 0.3) is 0 Å². The van der Waals surface area contributed by atoms with Crippen LogP contribution in [0.4, 0.5) is 0 Å². The van der Waals surface area contributed by atoms with E-state index in [0.29, 0.717) is 12.4 Å². The number of ether oxygens (including phenoxy) is 1. The van der Waals surface area contributed by atoms with Crippen molar-refractivity contribution in [2.24, 2.45) is 0 Å². The molecule has 2 nitrogen and oxygen atoms in total. The van der Waals surface area contributed by atoms with Crippen LogP contribution in [0, 0.1) is 0 Å². The predicted molar refractivity (Wildman–Crippen MR) is 53.9 cm³/mol. The van der Waals surface area contributed by atoms with E-state index in [2.05, 4.69) is 0 Å². The van der Waals surface area contributed by atoms with Crippen LogP contribution in [0.2, 0.25) is 10.0 Å². The molecule has 1 rings (SSSR count). The van der Waals surface area contributed by atoms with Gasteiger partial charge >= 0.3 is 0 Å². The Hall–Kier alpha value is -0.600. The van der Waals surface area contributed by atoms with Gasteiger partial charge in [0, 0.05) is 0 Å². The molecule has 0 atom stereocenters. The Morgan fingerprint density at radius 3 is 2.62 bits per heavy atom. The summed E-state index contributed by atoms with van der Waals surface area (Å²) in [4.78, 5) is 0. The number of phenolic OH excluding ortho intramolecular Hbond substituents is 1. The molecule has 0 bridgehead atoms. The van der Waals surface area contributed by atoms with Crippen LogP contribution in [0.15, 0.2) is 12.1 Å². The monoisotopic (exact) mass is 220 g/mol. The standard InChI is InChI=1S/C9H10Cl2O2/c1-2-5-13-7-4-3-6(12)8(10)9(7)11/h3-4,12H,2,5H2,1H3. The van der Waals surface area contributed by atoms with E-state index in [9.17, 15) is 5.11 Å². The van der Waals surface area contributed by atoms with Crippen molar-refractivity contribution >= 4 is 23.2 Å². The maximum absolute atomic E-state index is 9.18. The third kappa shape index (κ3) is 2.42. The van der Waals surface area contributed by atoms with E-state index in [1.165, 1.54) is 6.07 Å². The lowest BCUT2D eigenvalue weighted by Gasteiger charge is -2.08. The highest BCUT2D eigenvalue weighted by atomic mass is 35.5. The van der Waals surface area contributed by atoms with Crippen molar-refractivity contribution in [2.45, 2.75) is 13.3 Å². The Balaban J connectivity index is 2.90. The predicted octanol–water partition coefficient (Wildman–Crippen LogP) is 3.49. The van der Waals surface area contributed by atoms with E-state index in [1.807, 2.05) is 6.92 Å². The molecule has 0 fully saturated rings. The lowest BCUT2D eigenvalue weighted by Crippen LogP contribution is -1.95. The minimum absolute atomic E-state index is 0.0319. The van der Waals surface area contributed by atoms with Gasteiger partial charge in [0.05, 0.1) is 6.61 Å². The summed E-state index contributed by atoms with van der Waals surface area (Å²) in [6.07, 6.45) is 0.898. The van der Waals surface area contributed by atoms with Crippen LogP contribution in [0.5, 0.6) is 11.5 Å². The first-order valence-corrected chi connectivity index (χ1v) is 4.72. The summed E-state index contributed by atoms with van der Waals surface area (Å²) in [5, 5.41) is 9.57. The van der Waals surface area contributed by atoms with Crippen molar-refractivity contribution in [3.05, 3.63) is 22.2 Å². The van der Waals surface area contributed by atoms with Crippen molar-refractivity contribution in [2.75, 3.05) is 6.61 Å². The molecule has 4 heteroatoms. The largest absolute Gasteiger partial charge is 0.506 e. The third-order valence-corrected chi connectivity index (χ3v) is 2.34. The highest BCUT2D eigenvalue weighted by Gasteiger charge is 2.09. The highest BCUT2D eigenvalue weighted by Crippen LogP contribution is 2.37. The molecule has 0 aliphatic carbocycles. The molecule has 0 aliphatic heterocycles. The van der Waals surface area contributed by atoms with Crippen LogP contribution in [-0.2, 0) is 0 Å². The second-order valence-electron chi connectivity index (χ2n) is 2.56. The van der Waals surface area contributed by atoms with Gasteiger partial charge in [0.25, 0.3) is 0 Å². The summed E-state index contributed by atoms with van der Waals surface area (Å²) < 4.78 is 5.29. The maximum Gasteiger partial charge on any atom is 0.139 e. The van der Waals surface area contributed by atoms with Crippen molar-refractivity contribution < 1.29 is 9.84 Å². The molecule has 0 radical (unpaired) electrons. The lowest BCUT2D eigenvalue weighted by atomic mass is 10.3. The molecule has 1 N–H and O–H groups in total. The molecule has 13 heavy (non-hydrogen) atoms. The summed E-state index contributed by atoms with van der Waals surface area (Å²) in [5.41, 5.74) is 0. The Labute approximate surface area is 87.0 Å². The van der Waals surface area contributed by atoms with Gasteiger partial charge in [0.2, 0.25) is 0 Å². The highest BCUT2D eigenvalue weighted by molar-refractivity contribution is 6.43. The number of halogens is 2. The van der Waals surface area contributed by atoms with Crippen LogP contribution in [0.3, 0.4) is 0 Å². The molecule has 1 aromatic carbocycles. The third-order valence-electron chi connectivity index (χ3n) is 1.49. The first-order valence-electron chi connectivity index (χ1n) is 3.96. The molecule has 0 amide bonds. The minimum Gasteiger partial charge on any atom is -0.506 e. The van der Waals surface area contributed by atoms with Gasteiger partial charge in [-0.15, -0.1) is 0 Å². The second kappa shape index (κ2) is 4.58. The molecular weight excluding hydrogens is 211 g/mol. The fourth-order valence-electron chi connectivity index (χ4n) is 0.845. The van der Waals surface area contributed by atoms with Crippen molar-refractivity contribution in [3.8, 4) is 11.5 Å². The molecule has 72 valence electrons. The molecular formula is C9H10Cl2O2. The zero-order chi connectivity index (χ0) is 9.84. The smallest absolute Gasteiger partial charge is 0.139 e. The zero-order valence-corrected chi connectivity index (χ0v) is 8.69. The van der Waals surface area contributed by atoms with Crippen molar-refractivity contribution in [1.29, 1.82) is 0 Å². The molecule has 1 aromatic rings. The fourth-order valence-corrected chi connectivity index (χ4v) is 1.22. The summed E-state index contributed by atoms with van der Waals surface area (Å²) in [6.45, 7) is 2.58. The SMILES string of the molecule is CCCOc1ccc(O)c(Cl)c1Cl. The van der Waals surface area contributed by atoms with Gasteiger partial charge in [-0.1, -0.05) is 30.1 Å². The average molecular weight is 221 g/mol. The molecule has 0 unspecified atom stereocenters. The van der Waals surface area contributed by atoms with Gasteiger partial charge in [-0.05, 0) is 18.6 Å². The molecule has 0 saturated heterocycles. The lowest BCUT2D eigenvalue weighted by molar-refractivity contribution is 0.317. The number of hydrogen-bond donors (Lipinski definition) is 1. The summed E-state index contributed by atoms with van der Waals surface area (Å²) in [6, 6.07) is 3.05. The molecule has 0 saturated carbocycles. The topological polar surface area (TPSA) is 29.5 Å². The normalized spacial score (nSPS) is 10.1. The van der Waals surface area contributed by atoms with E-state index in [1.54, 1.807) is 6.07 Å². The van der Waals surface area contributed by atoms with E-state index >= 15 is 0 Å². The number of benzene rings is 1. The summed E-state index contributed by atoms with van der Waals surface area (Å²) in [5.74, 6) is 0.474. The van der Waals surface area contributed by atoms with Gasteiger partial charge in [0.15, 0.2) is 0 Å². The quantitative estimate of drug-likeness (QED) is 0.846. The van der Waals surface area contributed by atoms with Crippen molar-refractivity contribution in [1.82, 2.24) is 0 Å². The van der Waals surface area contributed by atoms with E-state index < -0.39 is 0 Å². The van der Waals surface area contributed by atoms with E-state index in [-0.39, 0.29) is 15.8 Å². The summed E-state index contributed by atoms with van der Waals surface area (Å²) in [7, 11) is 0. The van der Waals surface area contributed by atoms with Crippen LogP contribution >= 0.6 is 23.2 Å². The van der Waals surface area contributed by atoms with Gasteiger partial charge in [-0.25, -0.2) is 0 Å². The number of phenols is 1. The number of aromatic hydroxyl groups is 1. The summed E-state index contributed by atoms with van der Waals surface area (Å²) >= 11 is 11.5. The Kier molecular flexibility index (Phi) is 3.70. The van der Waals surface area contributed by atoms with Crippen LogP contribution in [0.1, 0.15) is 13.3 Å². The van der Waals surface area contributed by atoms with Gasteiger partial charge in [-0.3, -0.25) is 0 Å². The van der Waals surface area contributed by atoms with Crippen LogP contribution < -0.4 is 4.74 Å². The molecule has 0 aliphatic rings. The molecule has 0 heterocycles. The van der Waals surface area contributed by atoms with E-state index in [4.69, 9.17) is 27.9 Å². The minimum atomic E-state index is -0.0319. The van der Waals surface area contributed by atoms with Gasteiger partial charge in [-0.2, -0.15) is 0 Å². The Bertz CT molecular complexity index is 300. The average Bonchev–Trinajstić information content (AvgIpc) is 2.13. The fraction of sp³-hybridized carbons (Fsp3) is 0.333. The first-order chi connectivity index (χ1) is 6.16. The number of hydrogen-bond acceptors (Lipinski definition) is 2. The zero-order valence-electron chi connectivity index (χ0n) is 7.18. The first kappa shape index (κ1) is 10.5. The van der Waals surface area contributed by atoms with E-state index in [0.717, 1.165) is 6.42 Å². The molecule has 0 aromatic heterocycles. The van der Waals surface area contributed by atoms with Gasteiger partial charge < -0.3 is 9.84 Å². The van der Waals surface area contributed by atoms with Gasteiger partial charge in [0.1, 0.15) is 21.5 Å².